The molecule has 0 bridgehead atoms. The van der Waals surface area contributed by atoms with Gasteiger partial charge >= 0.3 is 0 Å². The summed E-state index contributed by atoms with van der Waals surface area (Å²) in [5, 5.41) is 13.1. The number of rotatable bonds is 5. The summed E-state index contributed by atoms with van der Waals surface area (Å²) >= 11 is 0. The molecule has 1 saturated heterocycles. The van der Waals surface area contributed by atoms with Crippen LogP contribution in [-0.2, 0) is 4.79 Å². The number of likely N-dealkylation sites (N-methyl/N-ethyl adjacent to an activating group) is 1. The van der Waals surface area contributed by atoms with E-state index in [2.05, 4.69) is 15.1 Å². The van der Waals surface area contributed by atoms with E-state index in [1.807, 2.05) is 21.0 Å². The smallest absolute Gasteiger partial charge is 0.237 e. The average molecular weight is 283 g/mol. The molecule has 2 aliphatic rings. The first-order chi connectivity index (χ1) is 9.47. The molecule has 3 atom stereocenters. The molecule has 116 valence electrons. The van der Waals surface area contributed by atoms with Crippen molar-refractivity contribution in [2.75, 3.05) is 27.2 Å². The third-order valence-electron chi connectivity index (χ3n) is 4.59. The lowest BCUT2D eigenvalue weighted by molar-refractivity contribution is -0.127. The number of carbonyl (C=O) groups is 1. The number of aliphatic hydroxyl groups excluding tert-OH is 1. The summed E-state index contributed by atoms with van der Waals surface area (Å²) in [4.78, 5) is 16.7. The summed E-state index contributed by atoms with van der Waals surface area (Å²) in [6.45, 7) is 3.46. The SMILES string of the molecule is CC(C(=O)NC1CCCC1)N1CC(O)CC1CN(C)C. The highest BCUT2D eigenvalue weighted by Crippen LogP contribution is 2.22. The van der Waals surface area contributed by atoms with E-state index in [1.165, 1.54) is 12.8 Å². The summed E-state index contributed by atoms with van der Waals surface area (Å²) in [6, 6.07) is 0.479. The molecule has 2 fully saturated rings. The van der Waals surface area contributed by atoms with Gasteiger partial charge in [-0.2, -0.15) is 0 Å². The predicted octanol–water partition coefficient (Wildman–Crippen LogP) is 0.431. The van der Waals surface area contributed by atoms with Gasteiger partial charge in [-0.25, -0.2) is 0 Å². The molecule has 0 radical (unpaired) electrons. The summed E-state index contributed by atoms with van der Waals surface area (Å²) in [5.74, 6) is 0.120. The molecule has 5 nitrogen and oxygen atoms in total. The molecule has 3 unspecified atom stereocenters. The average Bonchev–Trinajstić information content (AvgIpc) is 2.97. The molecular formula is C15H29N3O2. The van der Waals surface area contributed by atoms with Crippen molar-refractivity contribution in [2.24, 2.45) is 0 Å². The Bertz CT molecular complexity index is 329. The van der Waals surface area contributed by atoms with Gasteiger partial charge in [0.1, 0.15) is 0 Å². The van der Waals surface area contributed by atoms with Crippen LogP contribution in [0.4, 0.5) is 0 Å². The number of aliphatic hydroxyl groups is 1. The van der Waals surface area contributed by atoms with Crippen molar-refractivity contribution in [1.82, 2.24) is 15.1 Å². The maximum absolute atomic E-state index is 12.4. The first-order valence-electron chi connectivity index (χ1n) is 7.86. The van der Waals surface area contributed by atoms with Crippen LogP contribution >= 0.6 is 0 Å². The molecule has 0 aromatic heterocycles. The minimum Gasteiger partial charge on any atom is -0.392 e. The van der Waals surface area contributed by atoms with Crippen molar-refractivity contribution in [1.29, 1.82) is 0 Å². The number of carbonyl (C=O) groups excluding carboxylic acids is 1. The van der Waals surface area contributed by atoms with Crippen molar-refractivity contribution >= 4 is 5.91 Å². The lowest BCUT2D eigenvalue weighted by Gasteiger charge is -2.31. The van der Waals surface area contributed by atoms with Crippen LogP contribution in [0.25, 0.3) is 0 Å². The number of β-amino-alcohol motifs (C(OH)–C–C–N with tert-alkyl or cyclic N) is 1. The molecule has 5 heteroatoms. The molecule has 2 rings (SSSR count). The highest BCUT2D eigenvalue weighted by Gasteiger charge is 2.37. The summed E-state index contributed by atoms with van der Waals surface area (Å²) < 4.78 is 0. The van der Waals surface area contributed by atoms with E-state index >= 15 is 0 Å². The molecule has 1 saturated carbocycles. The van der Waals surface area contributed by atoms with E-state index in [0.29, 0.717) is 12.6 Å². The Balaban J connectivity index is 1.91. The molecule has 0 aromatic carbocycles. The van der Waals surface area contributed by atoms with Crippen molar-refractivity contribution in [2.45, 2.75) is 63.3 Å². The Morgan fingerprint density at radius 3 is 2.65 bits per heavy atom. The summed E-state index contributed by atoms with van der Waals surface area (Å²) in [5.41, 5.74) is 0. The maximum Gasteiger partial charge on any atom is 0.237 e. The Morgan fingerprint density at radius 1 is 1.40 bits per heavy atom. The third kappa shape index (κ3) is 3.93. The molecule has 20 heavy (non-hydrogen) atoms. The van der Waals surface area contributed by atoms with E-state index in [0.717, 1.165) is 25.8 Å². The zero-order valence-corrected chi connectivity index (χ0v) is 13.0. The number of hydrogen-bond acceptors (Lipinski definition) is 4. The standard InChI is InChI=1S/C15H29N3O2/c1-11(15(20)16-12-6-4-5-7-12)18-10-14(19)8-13(18)9-17(2)3/h11-14,19H,4-10H2,1-3H3,(H,16,20). The number of amides is 1. The van der Waals surface area contributed by atoms with Gasteiger partial charge in [-0.3, -0.25) is 9.69 Å². The summed E-state index contributed by atoms with van der Waals surface area (Å²) in [7, 11) is 4.07. The van der Waals surface area contributed by atoms with Crippen molar-refractivity contribution in [3.8, 4) is 0 Å². The van der Waals surface area contributed by atoms with Crippen molar-refractivity contribution < 1.29 is 9.90 Å². The van der Waals surface area contributed by atoms with Gasteiger partial charge < -0.3 is 15.3 Å². The van der Waals surface area contributed by atoms with E-state index in [1.54, 1.807) is 0 Å². The van der Waals surface area contributed by atoms with Gasteiger partial charge in [-0.05, 0) is 40.3 Å². The first-order valence-corrected chi connectivity index (χ1v) is 7.86. The monoisotopic (exact) mass is 283 g/mol. The Morgan fingerprint density at radius 2 is 2.05 bits per heavy atom. The van der Waals surface area contributed by atoms with Crippen LogP contribution in [0.3, 0.4) is 0 Å². The van der Waals surface area contributed by atoms with Crippen molar-refractivity contribution in [3.63, 3.8) is 0 Å². The zero-order chi connectivity index (χ0) is 14.7. The largest absolute Gasteiger partial charge is 0.392 e. The second-order valence-corrected chi connectivity index (χ2v) is 6.67. The van der Waals surface area contributed by atoms with Crippen LogP contribution in [0.15, 0.2) is 0 Å². The van der Waals surface area contributed by atoms with E-state index in [-0.39, 0.29) is 24.1 Å². The van der Waals surface area contributed by atoms with E-state index in [9.17, 15) is 9.90 Å². The topological polar surface area (TPSA) is 55.8 Å². The fourth-order valence-corrected chi connectivity index (χ4v) is 3.53. The number of nitrogens with zero attached hydrogens (tertiary/aromatic N) is 2. The normalized spacial score (nSPS) is 30.1. The lowest BCUT2D eigenvalue weighted by Crippen LogP contribution is -2.51. The molecule has 2 N–H and O–H groups in total. The Hall–Kier alpha value is -0.650. The Labute approximate surface area is 122 Å². The van der Waals surface area contributed by atoms with Gasteiger partial charge in [-0.1, -0.05) is 12.8 Å². The highest BCUT2D eigenvalue weighted by molar-refractivity contribution is 5.81. The van der Waals surface area contributed by atoms with Gasteiger partial charge in [0.05, 0.1) is 12.1 Å². The molecule has 1 aliphatic heterocycles. The quantitative estimate of drug-likeness (QED) is 0.768. The lowest BCUT2D eigenvalue weighted by atomic mass is 10.1. The van der Waals surface area contributed by atoms with Gasteiger partial charge in [0, 0.05) is 25.2 Å². The van der Waals surface area contributed by atoms with Gasteiger partial charge in [0.2, 0.25) is 5.91 Å². The van der Waals surface area contributed by atoms with E-state index in [4.69, 9.17) is 0 Å². The molecule has 1 amide bonds. The van der Waals surface area contributed by atoms with Gasteiger partial charge in [0.15, 0.2) is 0 Å². The van der Waals surface area contributed by atoms with Crippen LogP contribution in [0.2, 0.25) is 0 Å². The Kier molecular flexibility index (Phi) is 5.41. The van der Waals surface area contributed by atoms with Crippen LogP contribution in [-0.4, -0.2) is 72.2 Å². The fourth-order valence-electron chi connectivity index (χ4n) is 3.53. The first kappa shape index (κ1) is 15.7. The number of likely N-dealkylation sites (tertiary alicyclic amines) is 1. The number of hydrogen-bond donors (Lipinski definition) is 2. The maximum atomic E-state index is 12.4. The highest BCUT2D eigenvalue weighted by atomic mass is 16.3. The molecule has 1 heterocycles. The molecule has 0 aromatic rings. The molecule has 1 aliphatic carbocycles. The fraction of sp³-hybridized carbons (Fsp3) is 0.933. The summed E-state index contributed by atoms with van der Waals surface area (Å²) in [6.07, 6.45) is 5.14. The van der Waals surface area contributed by atoms with Crippen LogP contribution in [0, 0.1) is 0 Å². The zero-order valence-electron chi connectivity index (χ0n) is 13.0. The predicted molar refractivity (Wildman–Crippen MR) is 79.5 cm³/mol. The third-order valence-corrected chi connectivity index (χ3v) is 4.59. The van der Waals surface area contributed by atoms with E-state index < -0.39 is 0 Å². The van der Waals surface area contributed by atoms with Crippen LogP contribution < -0.4 is 5.32 Å². The second-order valence-electron chi connectivity index (χ2n) is 6.67. The molecule has 0 spiro atoms. The number of nitrogens with one attached hydrogen (secondary N) is 1. The van der Waals surface area contributed by atoms with Gasteiger partial charge in [0.25, 0.3) is 0 Å². The van der Waals surface area contributed by atoms with Crippen LogP contribution in [0.5, 0.6) is 0 Å². The molecular weight excluding hydrogens is 254 g/mol. The minimum absolute atomic E-state index is 0.120. The van der Waals surface area contributed by atoms with Gasteiger partial charge in [-0.15, -0.1) is 0 Å². The minimum atomic E-state index is -0.304. The second kappa shape index (κ2) is 6.87. The van der Waals surface area contributed by atoms with Crippen molar-refractivity contribution in [3.05, 3.63) is 0 Å². The van der Waals surface area contributed by atoms with Crippen LogP contribution in [0.1, 0.15) is 39.0 Å².